The van der Waals surface area contributed by atoms with Crippen LogP contribution in [0.1, 0.15) is 5.56 Å². The van der Waals surface area contributed by atoms with E-state index >= 15 is 0 Å². The summed E-state index contributed by atoms with van der Waals surface area (Å²) in [5, 5.41) is -0.0942. The highest BCUT2D eigenvalue weighted by molar-refractivity contribution is 8.14. The molecule has 0 aliphatic carbocycles. The summed E-state index contributed by atoms with van der Waals surface area (Å²) in [5.41, 5.74) is -3.45. The second kappa shape index (κ2) is 9.43. The minimum absolute atomic E-state index is 0.0108. The fourth-order valence-corrected chi connectivity index (χ4v) is 4.17. The van der Waals surface area contributed by atoms with Crippen molar-refractivity contribution in [3.8, 4) is 0 Å². The number of para-hydroxylation sites is 1. The van der Waals surface area contributed by atoms with E-state index < -0.39 is 24.3 Å². The van der Waals surface area contributed by atoms with Crippen LogP contribution >= 0.6 is 23.5 Å². The van der Waals surface area contributed by atoms with Crippen molar-refractivity contribution in [3.05, 3.63) is 60.2 Å². The normalized spacial score (nSPS) is 16.8. The maximum atomic E-state index is 13.1. The molecule has 0 N–H and O–H groups in total. The summed E-state index contributed by atoms with van der Waals surface area (Å²) in [5.74, 6) is 0.0806. The van der Waals surface area contributed by atoms with E-state index in [1.165, 1.54) is 29.2 Å². The maximum absolute atomic E-state index is 13.1. The van der Waals surface area contributed by atoms with Crippen molar-refractivity contribution in [2.75, 3.05) is 17.3 Å². The maximum Gasteiger partial charge on any atom is 0.446 e. The summed E-state index contributed by atoms with van der Waals surface area (Å²) in [6.07, 6.45) is -4.63. The van der Waals surface area contributed by atoms with Crippen LogP contribution in [-0.2, 0) is 6.54 Å². The van der Waals surface area contributed by atoms with E-state index in [0.29, 0.717) is 16.2 Å². The number of carbonyl (C=O) groups excluding carboxylic acids is 1. The second-order valence-electron chi connectivity index (χ2n) is 6.31. The van der Waals surface area contributed by atoms with Gasteiger partial charge in [-0.05, 0) is 41.6 Å². The van der Waals surface area contributed by atoms with Gasteiger partial charge in [-0.15, -0.1) is 0 Å². The summed E-state index contributed by atoms with van der Waals surface area (Å²) in [6.45, 7) is -1.57. The van der Waals surface area contributed by atoms with E-state index in [9.17, 15) is 31.1 Å². The molecule has 31 heavy (non-hydrogen) atoms. The molecule has 12 heteroatoms. The highest BCUT2D eigenvalue weighted by atomic mass is 32.2. The van der Waals surface area contributed by atoms with Gasteiger partial charge >= 0.3 is 17.7 Å². The number of aliphatic imine (C=N–C) groups is 1. The fourth-order valence-electron chi connectivity index (χ4n) is 2.68. The van der Waals surface area contributed by atoms with Gasteiger partial charge in [-0.3, -0.25) is 14.8 Å². The molecular weight excluding hydrogens is 464 g/mol. The Bertz CT molecular complexity index is 932. The first-order valence-electron chi connectivity index (χ1n) is 8.74. The molecule has 1 heterocycles. The lowest BCUT2D eigenvalue weighted by molar-refractivity contribution is -0.133. The van der Waals surface area contributed by atoms with Crippen LogP contribution in [0.15, 0.2) is 64.5 Å². The number of hydrogen-bond donors (Lipinski definition) is 0. The number of benzene rings is 2. The fraction of sp³-hybridized carbons (Fsp3) is 0.263. The van der Waals surface area contributed by atoms with E-state index in [4.69, 9.17) is 0 Å². The van der Waals surface area contributed by atoms with E-state index in [0.717, 1.165) is 11.8 Å². The molecule has 1 aliphatic heterocycles. The van der Waals surface area contributed by atoms with Gasteiger partial charge in [0, 0.05) is 10.6 Å². The van der Waals surface area contributed by atoms with Crippen molar-refractivity contribution >= 4 is 40.4 Å². The van der Waals surface area contributed by atoms with Crippen LogP contribution in [0, 0.1) is 0 Å². The number of alkyl halides is 6. The van der Waals surface area contributed by atoms with Crippen LogP contribution in [0.2, 0.25) is 0 Å². The number of amides is 2. The first-order valence-corrected chi connectivity index (χ1v) is 10.5. The molecule has 2 aromatic carbocycles. The lowest BCUT2D eigenvalue weighted by Crippen LogP contribution is -2.53. The second-order valence-corrected chi connectivity index (χ2v) is 8.36. The molecule has 2 aromatic rings. The van der Waals surface area contributed by atoms with Gasteiger partial charge in [0.1, 0.15) is 6.54 Å². The van der Waals surface area contributed by atoms with Gasteiger partial charge in [-0.25, -0.2) is 4.79 Å². The summed E-state index contributed by atoms with van der Waals surface area (Å²) in [6, 6.07) is 12.8. The smallest absolute Gasteiger partial charge is 0.284 e. The van der Waals surface area contributed by atoms with Crippen molar-refractivity contribution in [1.82, 2.24) is 4.90 Å². The zero-order valence-electron chi connectivity index (χ0n) is 15.7. The van der Waals surface area contributed by atoms with Gasteiger partial charge in [0.25, 0.3) is 0 Å². The van der Waals surface area contributed by atoms with Gasteiger partial charge in [0.15, 0.2) is 5.17 Å². The Labute approximate surface area is 182 Å². The topological polar surface area (TPSA) is 35.9 Å². The third kappa shape index (κ3) is 6.82. The average molecular weight is 479 g/mol. The van der Waals surface area contributed by atoms with Crippen molar-refractivity contribution in [3.63, 3.8) is 0 Å². The molecule has 0 bridgehead atoms. The van der Waals surface area contributed by atoms with Crippen LogP contribution in [-0.4, -0.2) is 40.2 Å². The van der Waals surface area contributed by atoms with Crippen LogP contribution in [0.3, 0.4) is 0 Å². The Hall–Kier alpha value is -2.34. The summed E-state index contributed by atoms with van der Waals surface area (Å²) in [7, 11) is 0. The van der Waals surface area contributed by atoms with E-state index in [2.05, 4.69) is 4.99 Å². The number of rotatable bonds is 5. The number of nitrogens with zero attached hydrogens (tertiary/aromatic N) is 3. The third-order valence-corrected chi connectivity index (χ3v) is 5.71. The lowest BCUT2D eigenvalue weighted by Gasteiger charge is -2.36. The molecule has 3 rings (SSSR count). The number of anilines is 1. The van der Waals surface area contributed by atoms with Gasteiger partial charge in [-0.1, -0.05) is 42.1 Å². The van der Waals surface area contributed by atoms with Gasteiger partial charge in [0.2, 0.25) is 0 Å². The largest absolute Gasteiger partial charge is 0.446 e. The number of urea groups is 1. The zero-order chi connectivity index (χ0) is 22.6. The Morgan fingerprint density at radius 1 is 0.968 bits per heavy atom. The van der Waals surface area contributed by atoms with Crippen molar-refractivity contribution in [2.45, 2.75) is 23.1 Å². The monoisotopic (exact) mass is 479 g/mol. The quantitative estimate of drug-likeness (QED) is 0.370. The van der Waals surface area contributed by atoms with Crippen molar-refractivity contribution < 1.29 is 31.1 Å². The van der Waals surface area contributed by atoms with E-state index in [1.54, 1.807) is 30.3 Å². The standard InChI is InChI=1S/C19H15F6N3OS2/c20-18(21,22)11-27-16(30-12-28(17(27)29)14-4-2-1-3-5-14)26-10-13-6-8-15(9-7-13)31-19(23,24)25/h1-9H,10-12H2. The SMILES string of the molecule is O=C1N(CC(F)(F)F)C(=NCc2ccc(SC(F)(F)F)cc2)SCN1c1ccccc1. The molecule has 0 spiro atoms. The van der Waals surface area contributed by atoms with E-state index in [1.807, 2.05) is 0 Å². The molecule has 4 nitrogen and oxygen atoms in total. The predicted octanol–water partition coefficient (Wildman–Crippen LogP) is 6.35. The minimum atomic E-state index is -4.63. The molecule has 2 amide bonds. The number of hydrogen-bond acceptors (Lipinski definition) is 4. The highest BCUT2D eigenvalue weighted by Gasteiger charge is 2.40. The molecule has 0 saturated carbocycles. The minimum Gasteiger partial charge on any atom is -0.284 e. The Morgan fingerprint density at radius 3 is 2.19 bits per heavy atom. The Balaban J connectivity index is 1.77. The molecule has 1 aliphatic rings. The Morgan fingerprint density at radius 2 is 1.61 bits per heavy atom. The number of halogens is 6. The van der Waals surface area contributed by atoms with Crippen molar-refractivity contribution in [2.24, 2.45) is 4.99 Å². The summed E-state index contributed by atoms with van der Waals surface area (Å²) in [4.78, 5) is 18.7. The first-order chi connectivity index (χ1) is 14.5. The van der Waals surface area contributed by atoms with Crippen LogP contribution in [0.5, 0.6) is 0 Å². The predicted molar refractivity (Wildman–Crippen MR) is 109 cm³/mol. The van der Waals surface area contributed by atoms with Gasteiger partial charge < -0.3 is 0 Å². The number of carbonyl (C=O) groups is 1. The van der Waals surface area contributed by atoms with Gasteiger partial charge in [0.05, 0.1) is 12.4 Å². The molecule has 0 unspecified atom stereocenters. The molecule has 0 radical (unpaired) electrons. The zero-order valence-corrected chi connectivity index (χ0v) is 17.3. The molecule has 0 atom stereocenters. The van der Waals surface area contributed by atoms with Crippen molar-refractivity contribution in [1.29, 1.82) is 0 Å². The van der Waals surface area contributed by atoms with Gasteiger partial charge in [-0.2, -0.15) is 26.3 Å². The molecule has 166 valence electrons. The third-order valence-electron chi connectivity index (χ3n) is 3.97. The number of thioether (sulfide) groups is 2. The van der Waals surface area contributed by atoms with Crippen LogP contribution < -0.4 is 4.90 Å². The molecule has 1 fully saturated rings. The summed E-state index contributed by atoms with van der Waals surface area (Å²) < 4.78 is 76.5. The molecule has 0 aromatic heterocycles. The van der Waals surface area contributed by atoms with Crippen LogP contribution in [0.4, 0.5) is 36.8 Å². The summed E-state index contributed by atoms with van der Waals surface area (Å²) >= 11 is 0.715. The Kier molecular flexibility index (Phi) is 7.10. The number of amidine groups is 1. The molecular formula is C19H15F6N3OS2. The first kappa shape index (κ1) is 23.3. The van der Waals surface area contributed by atoms with E-state index in [-0.39, 0.29) is 34.2 Å². The average Bonchev–Trinajstić information content (AvgIpc) is 2.68. The van der Waals surface area contributed by atoms with Crippen LogP contribution in [0.25, 0.3) is 0 Å². The molecule has 1 saturated heterocycles. The highest BCUT2D eigenvalue weighted by Crippen LogP contribution is 2.37. The lowest BCUT2D eigenvalue weighted by atomic mass is 10.2.